The Morgan fingerprint density at radius 3 is 2.58 bits per heavy atom. The van der Waals surface area contributed by atoms with Crippen LogP contribution >= 0.6 is 15.9 Å². The van der Waals surface area contributed by atoms with Crippen LogP contribution < -0.4 is 4.74 Å². The highest BCUT2D eigenvalue weighted by Crippen LogP contribution is 2.24. The van der Waals surface area contributed by atoms with Gasteiger partial charge >= 0.3 is 0 Å². The molecule has 2 aromatic carbocycles. The molecule has 1 N–H and O–H groups in total. The molecule has 0 bridgehead atoms. The second-order valence-corrected chi connectivity index (χ2v) is 5.44. The van der Waals surface area contributed by atoms with Crippen LogP contribution in [-0.2, 0) is 6.61 Å². The van der Waals surface area contributed by atoms with Crippen molar-refractivity contribution in [2.75, 3.05) is 0 Å². The number of aryl methyl sites for hydroxylation is 1. The van der Waals surface area contributed by atoms with Crippen molar-refractivity contribution in [1.82, 2.24) is 0 Å². The number of hydrogen-bond acceptors (Lipinski definition) is 2. The van der Waals surface area contributed by atoms with E-state index in [1.807, 2.05) is 49.4 Å². The van der Waals surface area contributed by atoms with Crippen LogP contribution in [0.15, 0.2) is 46.9 Å². The Kier molecular flexibility index (Phi) is 4.61. The molecule has 3 heteroatoms. The third kappa shape index (κ3) is 3.58. The molecular weight excluding hydrogens is 304 g/mol. The number of halogens is 1. The highest BCUT2D eigenvalue weighted by Gasteiger charge is 2.06. The summed E-state index contributed by atoms with van der Waals surface area (Å²) in [6.45, 7) is 4.27. The second-order valence-electron chi connectivity index (χ2n) is 4.58. The lowest BCUT2D eigenvalue weighted by Gasteiger charge is -2.12. The van der Waals surface area contributed by atoms with Gasteiger partial charge in [0.15, 0.2) is 0 Å². The molecule has 2 nitrogen and oxygen atoms in total. The number of hydrogen-bond donors (Lipinski definition) is 1. The normalized spacial score (nSPS) is 12.2. The summed E-state index contributed by atoms with van der Waals surface area (Å²) in [4.78, 5) is 0. The molecule has 2 rings (SSSR count). The lowest BCUT2D eigenvalue weighted by atomic mass is 10.1. The zero-order chi connectivity index (χ0) is 13.8. The van der Waals surface area contributed by atoms with E-state index in [1.165, 1.54) is 0 Å². The summed E-state index contributed by atoms with van der Waals surface area (Å²) in [5.74, 6) is 0.847. The summed E-state index contributed by atoms with van der Waals surface area (Å²) >= 11 is 3.51. The molecule has 0 heterocycles. The Labute approximate surface area is 122 Å². The quantitative estimate of drug-likeness (QED) is 0.905. The van der Waals surface area contributed by atoms with Gasteiger partial charge in [-0.05, 0) is 43.2 Å². The van der Waals surface area contributed by atoms with Gasteiger partial charge in [0.05, 0.1) is 6.10 Å². The first-order valence-corrected chi connectivity index (χ1v) is 7.02. The first-order chi connectivity index (χ1) is 9.08. The van der Waals surface area contributed by atoms with Gasteiger partial charge in [0.1, 0.15) is 12.4 Å². The predicted octanol–water partition coefficient (Wildman–Crippen LogP) is 4.39. The van der Waals surface area contributed by atoms with Crippen LogP contribution in [0.2, 0.25) is 0 Å². The van der Waals surface area contributed by atoms with E-state index in [1.54, 1.807) is 6.92 Å². The molecule has 0 saturated carbocycles. The molecule has 0 unspecified atom stereocenters. The molecule has 0 aliphatic rings. The fourth-order valence-corrected chi connectivity index (χ4v) is 2.26. The van der Waals surface area contributed by atoms with Gasteiger partial charge in [0.25, 0.3) is 0 Å². The summed E-state index contributed by atoms with van der Waals surface area (Å²) < 4.78 is 6.88. The molecule has 100 valence electrons. The predicted molar refractivity (Wildman–Crippen MR) is 80.3 cm³/mol. The molecule has 0 fully saturated rings. The van der Waals surface area contributed by atoms with Gasteiger partial charge < -0.3 is 9.84 Å². The van der Waals surface area contributed by atoms with Crippen LogP contribution in [0.25, 0.3) is 0 Å². The van der Waals surface area contributed by atoms with Crippen molar-refractivity contribution in [3.8, 4) is 5.75 Å². The molecule has 0 aromatic heterocycles. The van der Waals surface area contributed by atoms with Crippen LogP contribution in [0.3, 0.4) is 0 Å². The Morgan fingerprint density at radius 1 is 1.21 bits per heavy atom. The summed E-state index contributed by atoms with van der Waals surface area (Å²) in [7, 11) is 0. The van der Waals surface area contributed by atoms with Gasteiger partial charge in [-0.2, -0.15) is 0 Å². The van der Waals surface area contributed by atoms with Gasteiger partial charge in [-0.3, -0.25) is 0 Å². The topological polar surface area (TPSA) is 29.5 Å². The number of ether oxygens (including phenoxy) is 1. The Balaban J connectivity index is 2.10. The monoisotopic (exact) mass is 320 g/mol. The van der Waals surface area contributed by atoms with E-state index in [2.05, 4.69) is 15.9 Å². The van der Waals surface area contributed by atoms with Crippen molar-refractivity contribution >= 4 is 15.9 Å². The molecule has 0 aliphatic carbocycles. The van der Waals surface area contributed by atoms with Gasteiger partial charge in [0.2, 0.25) is 0 Å². The minimum absolute atomic E-state index is 0.448. The largest absolute Gasteiger partial charge is 0.489 e. The van der Waals surface area contributed by atoms with Crippen molar-refractivity contribution in [2.45, 2.75) is 26.6 Å². The molecule has 0 aliphatic heterocycles. The molecule has 0 radical (unpaired) electrons. The van der Waals surface area contributed by atoms with Gasteiger partial charge in [0, 0.05) is 10.0 Å². The van der Waals surface area contributed by atoms with Crippen LogP contribution in [0.5, 0.6) is 5.75 Å². The summed E-state index contributed by atoms with van der Waals surface area (Å²) in [5, 5.41) is 9.54. The zero-order valence-corrected chi connectivity index (χ0v) is 12.6. The molecular formula is C16H17BrO2. The lowest BCUT2D eigenvalue weighted by molar-refractivity contribution is 0.199. The van der Waals surface area contributed by atoms with Crippen LogP contribution in [-0.4, -0.2) is 5.11 Å². The maximum Gasteiger partial charge on any atom is 0.122 e. The van der Waals surface area contributed by atoms with Gasteiger partial charge in [-0.25, -0.2) is 0 Å². The van der Waals surface area contributed by atoms with Crippen molar-refractivity contribution in [3.63, 3.8) is 0 Å². The minimum atomic E-state index is -0.448. The number of rotatable bonds is 4. The van der Waals surface area contributed by atoms with Crippen molar-refractivity contribution < 1.29 is 9.84 Å². The maximum absolute atomic E-state index is 9.54. The van der Waals surface area contributed by atoms with E-state index >= 15 is 0 Å². The molecule has 1 atom stereocenters. The number of benzene rings is 2. The number of aliphatic hydroxyl groups excluding tert-OH is 1. The van der Waals surface area contributed by atoms with Crippen molar-refractivity contribution in [3.05, 3.63) is 63.6 Å². The molecule has 2 aromatic rings. The lowest BCUT2D eigenvalue weighted by Crippen LogP contribution is -1.99. The SMILES string of the molecule is Cc1cc([C@@H](C)O)ccc1OCc1ccccc1Br. The van der Waals surface area contributed by atoms with E-state index < -0.39 is 6.10 Å². The third-order valence-corrected chi connectivity index (χ3v) is 3.80. The number of aliphatic hydroxyl groups is 1. The fraction of sp³-hybridized carbons (Fsp3) is 0.250. The molecule has 0 amide bonds. The van der Waals surface area contributed by atoms with E-state index in [-0.39, 0.29) is 0 Å². The van der Waals surface area contributed by atoms with Crippen molar-refractivity contribution in [2.24, 2.45) is 0 Å². The van der Waals surface area contributed by atoms with E-state index in [4.69, 9.17) is 4.74 Å². The average Bonchev–Trinajstić information content (AvgIpc) is 2.39. The average molecular weight is 321 g/mol. The van der Waals surface area contributed by atoms with Crippen LogP contribution in [0.4, 0.5) is 0 Å². The molecule has 19 heavy (non-hydrogen) atoms. The zero-order valence-electron chi connectivity index (χ0n) is 11.1. The Hall–Kier alpha value is -1.32. The van der Waals surface area contributed by atoms with Crippen molar-refractivity contribution in [1.29, 1.82) is 0 Å². The summed E-state index contributed by atoms with van der Waals surface area (Å²) in [6, 6.07) is 13.8. The molecule has 0 saturated heterocycles. The van der Waals surface area contributed by atoms with E-state index in [0.717, 1.165) is 26.9 Å². The van der Waals surface area contributed by atoms with Crippen LogP contribution in [0, 0.1) is 6.92 Å². The van der Waals surface area contributed by atoms with Crippen LogP contribution in [0.1, 0.15) is 29.7 Å². The molecule has 0 spiro atoms. The highest BCUT2D eigenvalue weighted by atomic mass is 79.9. The maximum atomic E-state index is 9.54. The summed E-state index contributed by atoms with van der Waals surface area (Å²) in [5.41, 5.74) is 3.05. The summed E-state index contributed by atoms with van der Waals surface area (Å²) in [6.07, 6.45) is -0.448. The fourth-order valence-electron chi connectivity index (χ4n) is 1.87. The first kappa shape index (κ1) is 14.1. The van der Waals surface area contributed by atoms with Gasteiger partial charge in [-0.15, -0.1) is 0 Å². The smallest absolute Gasteiger partial charge is 0.122 e. The van der Waals surface area contributed by atoms with E-state index in [0.29, 0.717) is 6.61 Å². The standard InChI is InChI=1S/C16H17BrO2/c1-11-9-13(12(2)18)7-8-16(11)19-10-14-5-3-4-6-15(14)17/h3-9,12,18H,10H2,1-2H3/t12-/m1/s1. The minimum Gasteiger partial charge on any atom is -0.489 e. The Bertz CT molecular complexity index is 564. The van der Waals surface area contributed by atoms with E-state index in [9.17, 15) is 5.11 Å². The second kappa shape index (κ2) is 6.22. The Morgan fingerprint density at radius 2 is 1.95 bits per heavy atom. The highest BCUT2D eigenvalue weighted by molar-refractivity contribution is 9.10. The first-order valence-electron chi connectivity index (χ1n) is 6.22. The third-order valence-electron chi connectivity index (χ3n) is 3.02. The van der Waals surface area contributed by atoms with Gasteiger partial charge in [-0.1, -0.05) is 40.2 Å².